The molecule has 0 fully saturated rings. The highest BCUT2D eigenvalue weighted by Crippen LogP contribution is 2.21. The normalized spacial score (nSPS) is 10.4. The van der Waals surface area contributed by atoms with Crippen LogP contribution < -0.4 is 10.1 Å². The fourth-order valence-corrected chi connectivity index (χ4v) is 2.47. The van der Waals surface area contributed by atoms with Gasteiger partial charge in [0.1, 0.15) is 12.4 Å². The maximum absolute atomic E-state index is 12.0. The monoisotopic (exact) mass is 331 g/mol. The van der Waals surface area contributed by atoms with Crippen LogP contribution >= 0.6 is 11.6 Å². The van der Waals surface area contributed by atoms with Crippen molar-refractivity contribution in [2.45, 2.75) is 27.2 Å². The van der Waals surface area contributed by atoms with E-state index in [1.165, 1.54) is 5.56 Å². The lowest BCUT2D eigenvalue weighted by molar-refractivity contribution is -0.120. The van der Waals surface area contributed by atoms with Crippen molar-refractivity contribution in [2.24, 2.45) is 0 Å². The molecule has 0 aromatic heterocycles. The molecule has 0 saturated carbocycles. The highest BCUT2D eigenvalue weighted by Gasteiger charge is 2.06. The molecule has 0 aliphatic carbocycles. The molecule has 1 amide bonds. The molecule has 0 heterocycles. The Labute approximate surface area is 142 Å². The van der Waals surface area contributed by atoms with Crippen LogP contribution in [0.3, 0.4) is 0 Å². The fraction of sp³-hybridized carbons (Fsp3) is 0.316. The van der Waals surface area contributed by atoms with E-state index in [1.807, 2.05) is 45.0 Å². The number of rotatable bonds is 6. The van der Waals surface area contributed by atoms with Crippen molar-refractivity contribution in [2.75, 3.05) is 13.2 Å². The van der Waals surface area contributed by atoms with Gasteiger partial charge in [-0.1, -0.05) is 41.4 Å². The van der Waals surface area contributed by atoms with E-state index in [9.17, 15) is 4.79 Å². The molecular weight excluding hydrogens is 310 g/mol. The van der Waals surface area contributed by atoms with E-state index in [0.29, 0.717) is 30.3 Å². The molecule has 3 nitrogen and oxygen atoms in total. The summed E-state index contributed by atoms with van der Waals surface area (Å²) >= 11 is 6.04. The molecule has 0 aliphatic heterocycles. The molecule has 2 aromatic rings. The molecule has 0 radical (unpaired) electrons. The Hall–Kier alpha value is -2.00. The zero-order valence-electron chi connectivity index (χ0n) is 13.8. The third-order valence-electron chi connectivity index (χ3n) is 3.69. The van der Waals surface area contributed by atoms with E-state index in [1.54, 1.807) is 6.07 Å². The van der Waals surface area contributed by atoms with Crippen LogP contribution in [-0.2, 0) is 11.2 Å². The van der Waals surface area contributed by atoms with Crippen molar-refractivity contribution in [1.82, 2.24) is 5.32 Å². The molecule has 0 bridgehead atoms. The van der Waals surface area contributed by atoms with Crippen molar-refractivity contribution in [3.63, 3.8) is 0 Å². The third-order valence-corrected chi connectivity index (χ3v) is 4.09. The van der Waals surface area contributed by atoms with Crippen LogP contribution in [0.25, 0.3) is 0 Å². The highest BCUT2D eigenvalue weighted by atomic mass is 35.5. The van der Waals surface area contributed by atoms with E-state index >= 15 is 0 Å². The number of nitrogens with one attached hydrogen (secondary N) is 1. The van der Waals surface area contributed by atoms with Crippen LogP contribution in [-0.4, -0.2) is 19.1 Å². The van der Waals surface area contributed by atoms with Gasteiger partial charge in [0, 0.05) is 5.02 Å². The summed E-state index contributed by atoms with van der Waals surface area (Å²) in [7, 11) is 0. The van der Waals surface area contributed by atoms with Gasteiger partial charge in [-0.05, 0) is 49.6 Å². The molecule has 0 aliphatic rings. The van der Waals surface area contributed by atoms with Crippen molar-refractivity contribution in [1.29, 1.82) is 0 Å². The van der Waals surface area contributed by atoms with E-state index in [-0.39, 0.29) is 5.91 Å². The average Bonchev–Trinajstić information content (AvgIpc) is 2.50. The standard InChI is InChI=1S/C19H22ClNO2/c1-13-4-6-16(15(3)10-13)11-19(22)21-8-9-23-17-7-5-14(2)18(20)12-17/h4-7,10,12H,8-9,11H2,1-3H3,(H,21,22). The van der Waals surface area contributed by atoms with Crippen LogP contribution in [0.5, 0.6) is 5.75 Å². The average molecular weight is 332 g/mol. The van der Waals surface area contributed by atoms with Crippen LogP contribution in [0.1, 0.15) is 22.3 Å². The molecule has 0 spiro atoms. The minimum Gasteiger partial charge on any atom is -0.492 e. The summed E-state index contributed by atoms with van der Waals surface area (Å²) in [5, 5.41) is 3.55. The number of aryl methyl sites for hydroxylation is 3. The highest BCUT2D eigenvalue weighted by molar-refractivity contribution is 6.31. The number of carbonyl (C=O) groups excluding carboxylic acids is 1. The first kappa shape index (κ1) is 17.4. The van der Waals surface area contributed by atoms with Crippen LogP contribution in [0, 0.1) is 20.8 Å². The molecule has 0 saturated heterocycles. The van der Waals surface area contributed by atoms with E-state index in [4.69, 9.17) is 16.3 Å². The zero-order chi connectivity index (χ0) is 16.8. The molecule has 0 unspecified atom stereocenters. The van der Waals surface area contributed by atoms with Crippen LogP contribution in [0.4, 0.5) is 0 Å². The van der Waals surface area contributed by atoms with Gasteiger partial charge in [0.15, 0.2) is 0 Å². The minimum atomic E-state index is 0.00231. The first-order chi connectivity index (χ1) is 11.0. The van der Waals surface area contributed by atoms with Gasteiger partial charge in [-0.25, -0.2) is 0 Å². The maximum atomic E-state index is 12.0. The van der Waals surface area contributed by atoms with Crippen LogP contribution in [0.15, 0.2) is 36.4 Å². The van der Waals surface area contributed by atoms with Gasteiger partial charge in [0.05, 0.1) is 13.0 Å². The lowest BCUT2D eigenvalue weighted by Crippen LogP contribution is -2.29. The van der Waals surface area contributed by atoms with Crippen LogP contribution in [0.2, 0.25) is 5.02 Å². The lowest BCUT2D eigenvalue weighted by atomic mass is 10.0. The Balaban J connectivity index is 1.75. The Kier molecular flexibility index (Phi) is 6.05. The predicted molar refractivity (Wildman–Crippen MR) is 94.3 cm³/mol. The van der Waals surface area contributed by atoms with E-state index in [0.717, 1.165) is 16.7 Å². The summed E-state index contributed by atoms with van der Waals surface area (Å²) in [6.45, 7) is 6.90. The van der Waals surface area contributed by atoms with Crippen molar-refractivity contribution < 1.29 is 9.53 Å². The van der Waals surface area contributed by atoms with Gasteiger partial charge in [0.25, 0.3) is 0 Å². The number of carbonyl (C=O) groups is 1. The third kappa shape index (κ3) is 5.29. The second kappa shape index (κ2) is 8.02. The fourth-order valence-electron chi connectivity index (χ4n) is 2.30. The summed E-state index contributed by atoms with van der Waals surface area (Å²) in [5.74, 6) is 0.715. The second-order valence-electron chi connectivity index (χ2n) is 5.72. The van der Waals surface area contributed by atoms with Gasteiger partial charge in [0.2, 0.25) is 5.91 Å². The summed E-state index contributed by atoms with van der Waals surface area (Å²) in [6.07, 6.45) is 0.391. The first-order valence-corrected chi connectivity index (χ1v) is 8.05. The first-order valence-electron chi connectivity index (χ1n) is 7.67. The smallest absolute Gasteiger partial charge is 0.224 e. The quantitative estimate of drug-likeness (QED) is 0.812. The molecular formula is C19H22ClNO2. The predicted octanol–water partition coefficient (Wildman–Crippen LogP) is 4.00. The topological polar surface area (TPSA) is 38.3 Å². The molecule has 0 atom stereocenters. The summed E-state index contributed by atoms with van der Waals surface area (Å²) < 4.78 is 5.58. The Morgan fingerprint density at radius 3 is 2.57 bits per heavy atom. The van der Waals surface area contributed by atoms with E-state index in [2.05, 4.69) is 11.4 Å². The van der Waals surface area contributed by atoms with Crippen molar-refractivity contribution in [3.05, 3.63) is 63.7 Å². The molecule has 122 valence electrons. The minimum absolute atomic E-state index is 0.00231. The Morgan fingerprint density at radius 1 is 1.09 bits per heavy atom. The van der Waals surface area contributed by atoms with Crippen molar-refractivity contribution >= 4 is 17.5 Å². The number of halogens is 1. The Bertz CT molecular complexity index is 698. The summed E-state index contributed by atoms with van der Waals surface area (Å²) in [6, 6.07) is 11.7. The number of amides is 1. The van der Waals surface area contributed by atoms with Gasteiger partial charge in [-0.15, -0.1) is 0 Å². The second-order valence-corrected chi connectivity index (χ2v) is 6.12. The van der Waals surface area contributed by atoms with Gasteiger partial charge in [-0.2, -0.15) is 0 Å². The van der Waals surface area contributed by atoms with E-state index < -0.39 is 0 Å². The van der Waals surface area contributed by atoms with Gasteiger partial charge >= 0.3 is 0 Å². The van der Waals surface area contributed by atoms with Crippen molar-refractivity contribution in [3.8, 4) is 5.75 Å². The largest absolute Gasteiger partial charge is 0.492 e. The number of ether oxygens (including phenoxy) is 1. The molecule has 4 heteroatoms. The molecule has 1 N–H and O–H groups in total. The maximum Gasteiger partial charge on any atom is 0.224 e. The molecule has 2 rings (SSSR count). The lowest BCUT2D eigenvalue weighted by Gasteiger charge is -2.10. The zero-order valence-corrected chi connectivity index (χ0v) is 14.5. The number of hydrogen-bond acceptors (Lipinski definition) is 2. The number of hydrogen-bond donors (Lipinski definition) is 1. The van der Waals surface area contributed by atoms with Gasteiger partial charge < -0.3 is 10.1 Å². The molecule has 2 aromatic carbocycles. The molecule has 23 heavy (non-hydrogen) atoms. The summed E-state index contributed by atoms with van der Waals surface area (Å²) in [5.41, 5.74) is 4.42. The SMILES string of the molecule is Cc1ccc(CC(=O)NCCOc2ccc(C)c(Cl)c2)c(C)c1. The number of benzene rings is 2. The summed E-state index contributed by atoms with van der Waals surface area (Å²) in [4.78, 5) is 12.0. The Morgan fingerprint density at radius 2 is 1.87 bits per heavy atom. The van der Waals surface area contributed by atoms with Gasteiger partial charge in [-0.3, -0.25) is 4.79 Å².